The molecule has 2 unspecified atom stereocenters. The maximum Gasteiger partial charge on any atom is 0.305 e. The first kappa shape index (κ1) is 33.5. The minimum atomic E-state index is -2.16. The highest BCUT2D eigenvalue weighted by Gasteiger charge is 2.44. The van der Waals surface area contributed by atoms with Crippen LogP contribution in [0, 0.1) is 23.7 Å². The van der Waals surface area contributed by atoms with E-state index >= 15 is 0 Å². The molecule has 0 heterocycles. The first-order chi connectivity index (χ1) is 17.1. The van der Waals surface area contributed by atoms with E-state index in [9.17, 15) is 15.0 Å². The molecule has 0 saturated heterocycles. The Kier molecular flexibility index (Phi) is 10.9. The number of hydrogen-bond donors (Lipinski definition) is 2. The van der Waals surface area contributed by atoms with Crippen molar-refractivity contribution >= 4 is 22.6 Å². The van der Waals surface area contributed by atoms with Crippen LogP contribution in [0.4, 0.5) is 0 Å². The van der Waals surface area contributed by atoms with Crippen molar-refractivity contribution in [3.05, 3.63) is 23.8 Å². The van der Waals surface area contributed by atoms with Gasteiger partial charge in [-0.2, -0.15) is 0 Å². The van der Waals surface area contributed by atoms with E-state index in [2.05, 4.69) is 99.8 Å². The number of aliphatic carboxylic acids is 1. The maximum absolute atomic E-state index is 11.9. The van der Waals surface area contributed by atoms with Crippen molar-refractivity contribution < 1.29 is 23.9 Å². The highest BCUT2D eigenvalue weighted by atomic mass is 28.4. The van der Waals surface area contributed by atoms with Gasteiger partial charge in [0.1, 0.15) is 0 Å². The predicted molar refractivity (Wildman–Crippen MR) is 163 cm³/mol. The second-order valence-corrected chi connectivity index (χ2v) is 24.8. The fraction of sp³-hybridized carbons (Fsp3) is 0.839. The Hall–Kier alpha value is -0.736. The van der Waals surface area contributed by atoms with Crippen LogP contribution in [0.5, 0.6) is 0 Å². The van der Waals surface area contributed by atoms with Gasteiger partial charge in [0.05, 0.1) is 18.6 Å². The number of carbonyl (C=O) groups is 1. The van der Waals surface area contributed by atoms with Crippen LogP contribution >= 0.6 is 0 Å². The zero-order chi connectivity index (χ0) is 29.3. The van der Waals surface area contributed by atoms with Gasteiger partial charge in [-0.25, -0.2) is 0 Å². The Balaban J connectivity index is 2.32. The third kappa shape index (κ3) is 8.63. The number of carboxylic acid groups (broad SMARTS) is 1. The fourth-order valence-electron chi connectivity index (χ4n) is 5.58. The predicted octanol–water partition coefficient (Wildman–Crippen LogP) is 8.18. The molecule has 2 N–H and O–H groups in total. The first-order valence-electron chi connectivity index (χ1n) is 14.8. The number of allylic oxidation sites excluding steroid dienone is 3. The number of aliphatic hydroxyl groups excluding tert-OH is 1. The highest BCUT2D eigenvalue weighted by molar-refractivity contribution is 6.74. The summed E-state index contributed by atoms with van der Waals surface area (Å²) in [6.07, 6.45) is 9.30. The highest BCUT2D eigenvalue weighted by Crippen LogP contribution is 2.45. The average Bonchev–Trinajstić information content (AvgIpc) is 2.70. The summed E-state index contributed by atoms with van der Waals surface area (Å²) in [5.41, 5.74) is 1.28. The number of aliphatic hydroxyl groups is 1. The number of rotatable bonds is 11. The van der Waals surface area contributed by atoms with Crippen LogP contribution < -0.4 is 0 Å². The van der Waals surface area contributed by atoms with Gasteiger partial charge in [-0.15, -0.1) is 0 Å². The summed E-state index contributed by atoms with van der Waals surface area (Å²) >= 11 is 0. The molecule has 0 amide bonds. The van der Waals surface area contributed by atoms with Gasteiger partial charge in [-0.3, -0.25) is 4.79 Å². The van der Waals surface area contributed by atoms with E-state index in [1.165, 1.54) is 5.57 Å². The van der Waals surface area contributed by atoms with Crippen molar-refractivity contribution in [2.24, 2.45) is 23.7 Å². The number of carboxylic acids is 1. The van der Waals surface area contributed by atoms with Crippen molar-refractivity contribution in [3.63, 3.8) is 0 Å². The Labute approximate surface area is 235 Å². The van der Waals surface area contributed by atoms with Gasteiger partial charge in [-0.1, -0.05) is 73.6 Å². The van der Waals surface area contributed by atoms with E-state index in [0.717, 1.165) is 19.3 Å². The molecule has 2 aliphatic rings. The third-order valence-electron chi connectivity index (χ3n) is 9.90. The molecule has 2 rings (SSSR count). The zero-order valence-electron chi connectivity index (χ0n) is 26.4. The third-order valence-corrected chi connectivity index (χ3v) is 19.0. The Morgan fingerprint density at radius 3 is 2.03 bits per heavy atom. The van der Waals surface area contributed by atoms with Crippen molar-refractivity contribution in [1.29, 1.82) is 0 Å². The van der Waals surface area contributed by atoms with Crippen LogP contribution in [0.25, 0.3) is 0 Å². The molecule has 220 valence electrons. The summed E-state index contributed by atoms with van der Waals surface area (Å²) in [5.74, 6) is 0.470. The van der Waals surface area contributed by atoms with Crippen LogP contribution in [0.3, 0.4) is 0 Å². The molecule has 5 nitrogen and oxygen atoms in total. The molecule has 0 aromatic rings. The molecule has 0 aromatic heterocycles. The molecule has 7 heteroatoms. The van der Waals surface area contributed by atoms with Gasteiger partial charge >= 0.3 is 5.97 Å². The van der Waals surface area contributed by atoms with Crippen LogP contribution in [-0.2, 0) is 13.6 Å². The summed E-state index contributed by atoms with van der Waals surface area (Å²) in [4.78, 5) is 11.9. The van der Waals surface area contributed by atoms with Gasteiger partial charge in [0.25, 0.3) is 0 Å². The van der Waals surface area contributed by atoms with Crippen LogP contribution in [0.15, 0.2) is 23.8 Å². The van der Waals surface area contributed by atoms with Crippen molar-refractivity contribution in [2.45, 2.75) is 142 Å². The first-order valence-corrected chi connectivity index (χ1v) is 20.6. The molecule has 2 aliphatic carbocycles. The lowest BCUT2D eigenvalue weighted by Gasteiger charge is -2.44. The molecule has 0 saturated carbocycles. The second kappa shape index (κ2) is 12.4. The topological polar surface area (TPSA) is 76.0 Å². The molecule has 0 spiro atoms. The quantitative estimate of drug-likeness (QED) is 0.247. The van der Waals surface area contributed by atoms with Crippen molar-refractivity contribution in [2.75, 3.05) is 0 Å². The molecular weight excluding hydrogens is 509 g/mol. The molecule has 7 atom stereocenters. The Morgan fingerprint density at radius 2 is 1.53 bits per heavy atom. The monoisotopic (exact) mass is 566 g/mol. The minimum Gasteiger partial charge on any atom is -0.481 e. The lowest BCUT2D eigenvalue weighted by Crippen LogP contribution is -2.48. The van der Waals surface area contributed by atoms with E-state index < -0.39 is 22.6 Å². The lowest BCUT2D eigenvalue weighted by molar-refractivity contribution is -0.139. The van der Waals surface area contributed by atoms with Crippen LogP contribution in [0.2, 0.25) is 36.3 Å². The Morgan fingerprint density at radius 1 is 1.00 bits per heavy atom. The van der Waals surface area contributed by atoms with E-state index in [-0.39, 0.29) is 40.7 Å². The second-order valence-electron chi connectivity index (χ2n) is 15.3. The van der Waals surface area contributed by atoms with Gasteiger partial charge in [0, 0.05) is 12.0 Å². The van der Waals surface area contributed by atoms with E-state index in [1.807, 2.05) is 0 Å². The summed E-state index contributed by atoms with van der Waals surface area (Å²) in [5, 5.41) is 20.9. The van der Waals surface area contributed by atoms with Crippen molar-refractivity contribution in [1.82, 2.24) is 0 Å². The number of hydrogen-bond acceptors (Lipinski definition) is 4. The van der Waals surface area contributed by atoms with Crippen LogP contribution in [-0.4, -0.2) is 51.1 Å². The largest absolute Gasteiger partial charge is 0.481 e. The maximum atomic E-state index is 11.9. The molecule has 0 aliphatic heterocycles. The standard InChI is InChI=1S/C31H58O5Si2/c1-21-17-23-14-13-22(2)26(29(23)27(32)18-21)16-15-24(35-37(9,10)30(3,4)5)19-25(20-28(33)34)36-38(11,12)31(6,7)8/h13-14,17,21-22,24-27,29,32H,15-16,18-20H2,1-12H3,(H,33,34)/t21-,22-,24?,25?,26-,27-,29-/m0/s1. The SMILES string of the molecule is C[C@H]1C=C2C=C[C@H](C)[C@H](CCC(CC(CC(=O)O)O[Si](C)(C)C(C)(C)C)O[Si](C)(C)C(C)(C)C)[C@H]2[C@@H](O)C1. The molecule has 0 fully saturated rings. The molecule has 0 radical (unpaired) electrons. The minimum absolute atomic E-state index is 0.000392. The summed E-state index contributed by atoms with van der Waals surface area (Å²) < 4.78 is 13.7. The summed E-state index contributed by atoms with van der Waals surface area (Å²) in [6, 6.07) is 0. The van der Waals surface area contributed by atoms with Gasteiger partial charge in [0.2, 0.25) is 0 Å². The van der Waals surface area contributed by atoms with Crippen molar-refractivity contribution in [3.8, 4) is 0 Å². The number of fused-ring (bicyclic) bond motifs is 1. The van der Waals surface area contributed by atoms with E-state index in [1.54, 1.807) is 0 Å². The molecule has 0 bridgehead atoms. The van der Waals surface area contributed by atoms with Gasteiger partial charge < -0.3 is 19.1 Å². The van der Waals surface area contributed by atoms with Gasteiger partial charge in [0.15, 0.2) is 16.6 Å². The normalized spacial score (nSPS) is 28.4. The Bertz CT molecular complexity index is 864. The van der Waals surface area contributed by atoms with E-state index in [4.69, 9.17) is 8.85 Å². The lowest BCUT2D eigenvalue weighted by atomic mass is 9.65. The summed E-state index contributed by atoms with van der Waals surface area (Å²) in [7, 11) is -4.26. The van der Waals surface area contributed by atoms with Gasteiger partial charge in [-0.05, 0) is 85.3 Å². The van der Waals surface area contributed by atoms with E-state index in [0.29, 0.717) is 24.2 Å². The average molecular weight is 567 g/mol. The summed E-state index contributed by atoms with van der Waals surface area (Å²) in [6.45, 7) is 26.7. The van der Waals surface area contributed by atoms with Crippen LogP contribution in [0.1, 0.15) is 87.5 Å². The molecular formula is C31H58O5Si2. The molecule has 38 heavy (non-hydrogen) atoms. The fourth-order valence-corrected chi connectivity index (χ4v) is 8.35. The molecule has 0 aromatic carbocycles. The zero-order valence-corrected chi connectivity index (χ0v) is 28.4. The smallest absolute Gasteiger partial charge is 0.305 e.